The van der Waals surface area contributed by atoms with Crippen LogP contribution in [0.15, 0.2) is 41.8 Å². The van der Waals surface area contributed by atoms with Crippen LogP contribution in [0.4, 0.5) is 18.9 Å². The highest BCUT2D eigenvalue weighted by molar-refractivity contribution is 7.12. The zero-order chi connectivity index (χ0) is 18.0. The van der Waals surface area contributed by atoms with Gasteiger partial charge in [-0.1, -0.05) is 53.0 Å². The van der Waals surface area contributed by atoms with E-state index in [2.05, 4.69) is 10.6 Å². The number of hydrogen-bond acceptors (Lipinski definition) is 3. The minimum atomic E-state index is -4.60. The smallest absolute Gasteiger partial charge is 0.361 e. The highest BCUT2D eigenvalue weighted by Crippen LogP contribution is 2.37. The van der Waals surface area contributed by atoms with Gasteiger partial charge in [-0.25, -0.2) is 0 Å². The van der Waals surface area contributed by atoms with Crippen molar-refractivity contribution in [3.8, 4) is 0 Å². The Labute approximate surface area is 154 Å². The molecule has 1 heterocycles. The Balaban J connectivity index is 2.27. The second kappa shape index (κ2) is 7.39. The summed E-state index contributed by atoms with van der Waals surface area (Å²) in [5, 5.41) is 6.50. The molecule has 0 saturated carbocycles. The van der Waals surface area contributed by atoms with Crippen LogP contribution in [-0.2, 0) is 6.18 Å². The molecule has 0 spiro atoms. The summed E-state index contributed by atoms with van der Waals surface area (Å²) in [4.78, 5) is 12.4. The third-order valence-electron chi connectivity index (χ3n) is 2.88. The van der Waals surface area contributed by atoms with Crippen molar-refractivity contribution in [3.63, 3.8) is 0 Å². The second-order valence-electron chi connectivity index (χ2n) is 4.61. The van der Waals surface area contributed by atoms with Crippen LogP contribution in [0.5, 0.6) is 0 Å². The van der Waals surface area contributed by atoms with Crippen LogP contribution >= 0.6 is 46.1 Å². The molecule has 2 rings (SSSR count). The monoisotopic (exact) mass is 416 g/mol. The van der Waals surface area contributed by atoms with Gasteiger partial charge in [-0.15, -0.1) is 11.3 Å². The van der Waals surface area contributed by atoms with Crippen molar-refractivity contribution in [1.82, 2.24) is 5.32 Å². The van der Waals surface area contributed by atoms with Crippen LogP contribution in [0, 0.1) is 0 Å². The Morgan fingerprint density at radius 3 is 2.29 bits per heavy atom. The molecule has 2 N–H and O–H groups in total. The highest BCUT2D eigenvalue weighted by atomic mass is 35.6. The molecule has 0 unspecified atom stereocenters. The number of para-hydroxylation sites is 1. The lowest BCUT2D eigenvalue weighted by atomic mass is 10.1. The molecule has 1 aromatic heterocycles. The molecule has 2 aromatic rings. The van der Waals surface area contributed by atoms with Crippen LogP contribution in [0.1, 0.15) is 15.2 Å². The SMILES string of the molecule is O=C(N[C@H](Nc1ccccc1C(F)(F)F)C(Cl)(Cl)Cl)c1cccs1. The fraction of sp³-hybridized carbons (Fsp3) is 0.214. The Bertz CT molecular complexity index is 702. The Morgan fingerprint density at radius 1 is 1.08 bits per heavy atom. The summed E-state index contributed by atoms with van der Waals surface area (Å²) in [6.45, 7) is 0. The minimum absolute atomic E-state index is 0.312. The molecular formula is C14H10Cl3F3N2OS. The maximum Gasteiger partial charge on any atom is 0.418 e. The summed E-state index contributed by atoms with van der Waals surface area (Å²) in [6.07, 6.45) is -5.97. The first-order valence-electron chi connectivity index (χ1n) is 6.43. The summed E-state index contributed by atoms with van der Waals surface area (Å²) in [7, 11) is 0. The van der Waals surface area contributed by atoms with E-state index in [0.717, 1.165) is 17.4 Å². The van der Waals surface area contributed by atoms with E-state index in [4.69, 9.17) is 34.8 Å². The van der Waals surface area contributed by atoms with Crippen molar-refractivity contribution in [3.05, 3.63) is 52.2 Å². The molecule has 3 nitrogen and oxygen atoms in total. The molecule has 1 atom stereocenters. The molecule has 0 aliphatic carbocycles. The van der Waals surface area contributed by atoms with Crippen molar-refractivity contribution in [2.45, 2.75) is 16.1 Å². The number of hydrogen-bond donors (Lipinski definition) is 2. The van der Waals surface area contributed by atoms with Crippen LogP contribution < -0.4 is 10.6 Å². The van der Waals surface area contributed by atoms with E-state index in [-0.39, 0.29) is 5.69 Å². The van der Waals surface area contributed by atoms with E-state index in [1.807, 2.05) is 0 Å². The zero-order valence-electron chi connectivity index (χ0n) is 11.7. The summed E-state index contributed by atoms with van der Waals surface area (Å²) in [6, 6.07) is 7.90. The normalized spacial score (nSPS) is 13.4. The van der Waals surface area contributed by atoms with Crippen molar-refractivity contribution in [2.24, 2.45) is 0 Å². The molecular weight excluding hydrogens is 408 g/mol. The lowest BCUT2D eigenvalue weighted by Gasteiger charge is -2.28. The molecule has 0 aliphatic rings. The van der Waals surface area contributed by atoms with Gasteiger partial charge >= 0.3 is 6.18 Å². The number of amides is 1. The molecule has 130 valence electrons. The third kappa shape index (κ3) is 4.92. The van der Waals surface area contributed by atoms with Crippen LogP contribution in [0.3, 0.4) is 0 Å². The molecule has 1 amide bonds. The third-order valence-corrected chi connectivity index (χ3v) is 4.40. The van der Waals surface area contributed by atoms with E-state index >= 15 is 0 Å². The fourth-order valence-corrected chi connectivity index (χ4v) is 2.78. The predicted octanol–water partition coefficient (Wildman–Crippen LogP) is 5.31. The van der Waals surface area contributed by atoms with Crippen LogP contribution in [0.2, 0.25) is 0 Å². The van der Waals surface area contributed by atoms with Crippen LogP contribution in [0.25, 0.3) is 0 Å². The van der Waals surface area contributed by atoms with Gasteiger partial charge in [-0.2, -0.15) is 13.2 Å². The quantitative estimate of drug-likeness (QED) is 0.523. The fourth-order valence-electron chi connectivity index (χ4n) is 1.82. The summed E-state index contributed by atoms with van der Waals surface area (Å²) < 4.78 is 37.1. The lowest BCUT2D eigenvalue weighted by Crippen LogP contribution is -2.49. The molecule has 1 aromatic carbocycles. The molecule has 0 saturated heterocycles. The molecule has 24 heavy (non-hydrogen) atoms. The van der Waals surface area contributed by atoms with E-state index < -0.39 is 27.6 Å². The second-order valence-corrected chi connectivity index (χ2v) is 7.93. The standard InChI is InChI=1S/C14H10Cl3F3N2OS/c15-13(16,17)12(22-11(23)10-6-3-7-24-10)21-9-5-2-1-4-8(9)14(18,19)20/h1-7,12,21H,(H,22,23)/t12-/m0/s1. The number of thiophene rings is 1. The maximum atomic E-state index is 13.1. The van der Waals surface area contributed by atoms with E-state index in [0.29, 0.717) is 4.88 Å². The van der Waals surface area contributed by atoms with Crippen LogP contribution in [-0.4, -0.2) is 15.9 Å². The number of halogens is 6. The van der Waals surface area contributed by atoms with Gasteiger partial charge < -0.3 is 10.6 Å². The van der Waals surface area contributed by atoms with Gasteiger partial charge in [-0.05, 0) is 23.6 Å². The lowest BCUT2D eigenvalue weighted by molar-refractivity contribution is -0.137. The number of alkyl halides is 6. The van der Waals surface area contributed by atoms with Gasteiger partial charge in [0.15, 0.2) is 0 Å². The first kappa shape index (κ1) is 19.2. The molecule has 10 heteroatoms. The number of nitrogens with one attached hydrogen (secondary N) is 2. The van der Waals surface area contributed by atoms with Crippen molar-refractivity contribution < 1.29 is 18.0 Å². The van der Waals surface area contributed by atoms with E-state index in [1.54, 1.807) is 17.5 Å². The number of anilines is 1. The van der Waals surface area contributed by atoms with Crippen molar-refractivity contribution in [2.75, 3.05) is 5.32 Å². The van der Waals surface area contributed by atoms with E-state index in [9.17, 15) is 18.0 Å². The zero-order valence-corrected chi connectivity index (χ0v) is 14.8. The van der Waals surface area contributed by atoms with Gasteiger partial charge in [0.2, 0.25) is 3.79 Å². The number of rotatable bonds is 4. The highest BCUT2D eigenvalue weighted by Gasteiger charge is 2.38. The average Bonchev–Trinajstić information content (AvgIpc) is 2.99. The minimum Gasteiger partial charge on any atom is -0.361 e. The molecule has 0 aliphatic heterocycles. The maximum absolute atomic E-state index is 13.1. The first-order chi connectivity index (χ1) is 11.1. The van der Waals surface area contributed by atoms with Gasteiger partial charge in [0.05, 0.1) is 10.4 Å². The Morgan fingerprint density at radius 2 is 1.75 bits per heavy atom. The summed E-state index contributed by atoms with van der Waals surface area (Å²) in [5.41, 5.74) is -1.25. The summed E-state index contributed by atoms with van der Waals surface area (Å²) in [5.74, 6) is -0.571. The number of carbonyl (C=O) groups is 1. The molecule has 0 fully saturated rings. The number of benzene rings is 1. The van der Waals surface area contributed by atoms with Gasteiger partial charge in [0.25, 0.3) is 5.91 Å². The topological polar surface area (TPSA) is 41.1 Å². The van der Waals surface area contributed by atoms with Gasteiger partial charge in [0.1, 0.15) is 6.17 Å². The molecule has 0 bridgehead atoms. The first-order valence-corrected chi connectivity index (χ1v) is 8.44. The molecule has 0 radical (unpaired) electrons. The average molecular weight is 418 g/mol. The Kier molecular flexibility index (Phi) is 5.91. The predicted molar refractivity (Wildman–Crippen MR) is 90.9 cm³/mol. The Hall–Kier alpha value is -1.15. The van der Waals surface area contributed by atoms with E-state index in [1.165, 1.54) is 18.2 Å². The van der Waals surface area contributed by atoms with Gasteiger partial charge in [0, 0.05) is 5.69 Å². The summed E-state index contributed by atoms with van der Waals surface area (Å²) >= 11 is 18.5. The largest absolute Gasteiger partial charge is 0.418 e. The number of carbonyl (C=O) groups excluding carboxylic acids is 1. The van der Waals surface area contributed by atoms with Crippen molar-refractivity contribution >= 4 is 57.7 Å². The van der Waals surface area contributed by atoms with Crippen molar-refractivity contribution in [1.29, 1.82) is 0 Å². The van der Waals surface area contributed by atoms with Gasteiger partial charge in [-0.3, -0.25) is 4.79 Å².